The van der Waals surface area contributed by atoms with Crippen molar-refractivity contribution in [2.45, 2.75) is 71.5 Å². The van der Waals surface area contributed by atoms with Crippen LogP contribution in [0.1, 0.15) is 51.7 Å². The highest BCUT2D eigenvalue weighted by molar-refractivity contribution is 5.88. The number of carbonyl (C=O) groups is 1. The molecule has 0 unspecified atom stereocenters. The molecule has 1 amide bonds. The van der Waals surface area contributed by atoms with Crippen LogP contribution in [0.5, 0.6) is 5.75 Å². The van der Waals surface area contributed by atoms with Crippen LogP contribution in [0.4, 0.5) is 0 Å². The summed E-state index contributed by atoms with van der Waals surface area (Å²) in [6, 6.07) is 5.23. The van der Waals surface area contributed by atoms with Crippen molar-refractivity contribution >= 4 is 16.9 Å². The normalized spacial score (nSPS) is 18.8. The molecule has 0 spiro atoms. The summed E-state index contributed by atoms with van der Waals surface area (Å²) in [6.45, 7) is 12.5. The topological polar surface area (TPSA) is 85.1 Å². The average molecular weight is 388 g/mol. The first-order chi connectivity index (χ1) is 12.9. The first-order valence-electron chi connectivity index (χ1n) is 9.78. The number of hydrogen-bond acceptors (Lipinski definition) is 4. The van der Waals surface area contributed by atoms with Gasteiger partial charge in [0.2, 0.25) is 0 Å². The third-order valence-corrected chi connectivity index (χ3v) is 5.20. The van der Waals surface area contributed by atoms with Gasteiger partial charge in [0, 0.05) is 24.9 Å². The van der Waals surface area contributed by atoms with E-state index < -0.39 is 5.63 Å². The fourth-order valence-electron chi connectivity index (χ4n) is 4.72. The maximum atomic E-state index is 12.5. The second-order valence-electron chi connectivity index (χ2n) is 9.47. The molecule has 0 bridgehead atoms. The summed E-state index contributed by atoms with van der Waals surface area (Å²) in [7, 11) is 0. The molecule has 0 atom stereocenters. The van der Waals surface area contributed by atoms with Crippen LogP contribution in [0.2, 0.25) is 0 Å². The largest absolute Gasteiger partial charge is 0.483 e. The van der Waals surface area contributed by atoms with Crippen LogP contribution in [-0.4, -0.2) is 29.6 Å². The fourth-order valence-corrected chi connectivity index (χ4v) is 4.72. The Kier molecular flexibility index (Phi) is 5.28. The highest BCUT2D eigenvalue weighted by Crippen LogP contribution is 2.29. The van der Waals surface area contributed by atoms with E-state index in [4.69, 9.17) is 9.15 Å². The molecule has 0 radical (unpaired) electrons. The molecule has 6 heteroatoms. The number of amides is 1. The van der Waals surface area contributed by atoms with Crippen molar-refractivity contribution in [2.75, 3.05) is 6.61 Å². The molecular weight excluding hydrogens is 356 g/mol. The second-order valence-corrected chi connectivity index (χ2v) is 9.47. The Balaban J connectivity index is 1.72. The van der Waals surface area contributed by atoms with Crippen molar-refractivity contribution in [3.8, 4) is 5.75 Å². The molecule has 6 nitrogen and oxygen atoms in total. The summed E-state index contributed by atoms with van der Waals surface area (Å²) >= 11 is 0. The predicted octanol–water partition coefficient (Wildman–Crippen LogP) is 2.19. The van der Waals surface area contributed by atoms with Crippen LogP contribution < -0.4 is 21.0 Å². The van der Waals surface area contributed by atoms with Gasteiger partial charge in [-0.3, -0.25) is 4.79 Å². The van der Waals surface area contributed by atoms with Crippen LogP contribution in [0.15, 0.2) is 27.4 Å². The molecule has 152 valence electrons. The van der Waals surface area contributed by atoms with Gasteiger partial charge in [-0.15, -0.1) is 0 Å². The Bertz CT molecular complexity index is 943. The van der Waals surface area contributed by atoms with E-state index in [2.05, 4.69) is 38.3 Å². The molecule has 2 aromatic rings. The number of ether oxygens (including phenoxy) is 1. The van der Waals surface area contributed by atoms with Gasteiger partial charge in [0.1, 0.15) is 11.3 Å². The van der Waals surface area contributed by atoms with Gasteiger partial charge in [0.15, 0.2) is 6.61 Å². The molecule has 3 rings (SSSR count). The monoisotopic (exact) mass is 387 g/mol. The quantitative estimate of drug-likeness (QED) is 0.788. The van der Waals surface area contributed by atoms with Crippen molar-refractivity contribution in [3.63, 3.8) is 0 Å². The Hall–Kier alpha value is -2.34. The average Bonchev–Trinajstić information content (AvgIpc) is 2.48. The number of fused-ring (bicyclic) bond motifs is 1. The van der Waals surface area contributed by atoms with Gasteiger partial charge in [-0.05, 0) is 64.8 Å². The number of piperidine rings is 1. The number of quaternary nitrogens is 1. The highest BCUT2D eigenvalue weighted by Gasteiger charge is 2.42. The summed E-state index contributed by atoms with van der Waals surface area (Å²) in [4.78, 5) is 24.2. The van der Waals surface area contributed by atoms with Gasteiger partial charge < -0.3 is 19.8 Å². The zero-order valence-corrected chi connectivity index (χ0v) is 17.6. The molecule has 1 aromatic heterocycles. The number of aryl methyl sites for hydroxylation is 2. The van der Waals surface area contributed by atoms with E-state index in [-0.39, 0.29) is 29.6 Å². The molecule has 3 N–H and O–H groups in total. The van der Waals surface area contributed by atoms with Gasteiger partial charge in [-0.2, -0.15) is 0 Å². The van der Waals surface area contributed by atoms with Crippen molar-refractivity contribution in [3.05, 3.63) is 39.7 Å². The lowest BCUT2D eigenvalue weighted by Gasteiger charge is -2.43. The standard InChI is InChI=1S/C22H30N2O4/c1-13-7-16(20-14(2)9-19(26)28-17(20)8-13)27-12-18(25)23-15-10-21(3,4)24-22(5,6)11-15/h7-9,15,24H,10-12H2,1-6H3,(H,23,25)/p+1. The molecule has 0 saturated carbocycles. The van der Waals surface area contributed by atoms with Gasteiger partial charge in [0.05, 0.1) is 16.5 Å². The van der Waals surface area contributed by atoms with Crippen LogP contribution >= 0.6 is 0 Å². The van der Waals surface area contributed by atoms with Crippen LogP contribution in [0, 0.1) is 13.8 Å². The number of nitrogens with one attached hydrogen (secondary N) is 1. The molecule has 2 heterocycles. The van der Waals surface area contributed by atoms with Gasteiger partial charge in [-0.25, -0.2) is 4.79 Å². The zero-order chi connectivity index (χ0) is 20.7. The molecule has 1 aromatic carbocycles. The summed E-state index contributed by atoms with van der Waals surface area (Å²) in [6.07, 6.45) is 1.83. The maximum Gasteiger partial charge on any atom is 0.336 e. The van der Waals surface area contributed by atoms with Crippen LogP contribution in [0.3, 0.4) is 0 Å². The van der Waals surface area contributed by atoms with Crippen molar-refractivity contribution in [2.24, 2.45) is 0 Å². The fraction of sp³-hybridized carbons (Fsp3) is 0.545. The van der Waals surface area contributed by atoms with Crippen molar-refractivity contribution in [1.29, 1.82) is 0 Å². The lowest BCUT2D eigenvalue weighted by molar-refractivity contribution is -0.787. The zero-order valence-electron chi connectivity index (χ0n) is 17.6. The Morgan fingerprint density at radius 3 is 2.46 bits per heavy atom. The van der Waals surface area contributed by atoms with Crippen LogP contribution in [-0.2, 0) is 4.79 Å². The summed E-state index contributed by atoms with van der Waals surface area (Å²) in [5.41, 5.74) is 1.94. The van der Waals surface area contributed by atoms with Crippen molar-refractivity contribution in [1.82, 2.24) is 5.32 Å². The van der Waals surface area contributed by atoms with E-state index in [1.165, 1.54) is 6.07 Å². The third-order valence-electron chi connectivity index (χ3n) is 5.20. The first-order valence-corrected chi connectivity index (χ1v) is 9.78. The van der Waals surface area contributed by atoms with Gasteiger partial charge >= 0.3 is 5.63 Å². The summed E-state index contributed by atoms with van der Waals surface area (Å²) in [5.74, 6) is 0.423. The van der Waals surface area contributed by atoms with Crippen molar-refractivity contribution < 1.29 is 19.3 Å². The Morgan fingerprint density at radius 1 is 1.18 bits per heavy atom. The van der Waals surface area contributed by atoms with E-state index in [0.717, 1.165) is 29.4 Å². The Morgan fingerprint density at radius 2 is 1.82 bits per heavy atom. The second kappa shape index (κ2) is 7.24. The highest BCUT2D eigenvalue weighted by atomic mass is 16.5. The molecule has 1 fully saturated rings. The summed E-state index contributed by atoms with van der Waals surface area (Å²) in [5, 5.41) is 6.24. The molecule has 1 aliphatic heterocycles. The van der Waals surface area contributed by atoms with E-state index in [1.54, 1.807) is 6.07 Å². The number of benzene rings is 1. The van der Waals surface area contributed by atoms with E-state index in [1.807, 2.05) is 19.9 Å². The molecule has 0 aliphatic carbocycles. The van der Waals surface area contributed by atoms with E-state index >= 15 is 0 Å². The molecule has 28 heavy (non-hydrogen) atoms. The first kappa shape index (κ1) is 20.4. The SMILES string of the molecule is Cc1cc(OCC(=O)NC2CC(C)(C)[NH2+]C(C)(C)C2)c2c(C)cc(=O)oc2c1. The lowest BCUT2D eigenvalue weighted by atomic mass is 9.79. The minimum absolute atomic E-state index is 0.0712. The minimum Gasteiger partial charge on any atom is -0.483 e. The summed E-state index contributed by atoms with van der Waals surface area (Å²) < 4.78 is 11.1. The van der Waals surface area contributed by atoms with Crippen LogP contribution in [0.25, 0.3) is 11.0 Å². The number of nitrogens with two attached hydrogens (primary N) is 1. The lowest BCUT2D eigenvalue weighted by Crippen LogP contribution is -3.06. The smallest absolute Gasteiger partial charge is 0.336 e. The van der Waals surface area contributed by atoms with Gasteiger partial charge in [-0.1, -0.05) is 0 Å². The number of carbonyl (C=O) groups excluding carboxylic acids is 1. The molecular formula is C22H31N2O4+. The third kappa shape index (κ3) is 4.73. The molecule has 1 aliphatic rings. The maximum absolute atomic E-state index is 12.5. The number of hydrogen-bond donors (Lipinski definition) is 2. The Labute approximate surface area is 165 Å². The minimum atomic E-state index is -0.390. The van der Waals surface area contributed by atoms with E-state index in [0.29, 0.717) is 11.3 Å². The predicted molar refractivity (Wildman–Crippen MR) is 109 cm³/mol. The van der Waals surface area contributed by atoms with E-state index in [9.17, 15) is 9.59 Å². The number of rotatable bonds is 4. The molecule has 1 saturated heterocycles. The van der Waals surface area contributed by atoms with Gasteiger partial charge in [0.25, 0.3) is 5.91 Å².